The lowest BCUT2D eigenvalue weighted by molar-refractivity contribution is 0.809. The molecule has 0 radical (unpaired) electrons. The summed E-state index contributed by atoms with van der Waals surface area (Å²) in [6.07, 6.45) is 1.03. The molecule has 0 aliphatic rings. The van der Waals surface area contributed by atoms with Crippen molar-refractivity contribution in [2.75, 3.05) is 6.54 Å². The molecule has 2 aromatic rings. The molecule has 120 valence electrons. The van der Waals surface area contributed by atoms with Crippen LogP contribution in [0.3, 0.4) is 0 Å². The molecular formula is C16H24IN5. The highest BCUT2D eigenvalue weighted by molar-refractivity contribution is 14.0. The lowest BCUT2D eigenvalue weighted by Crippen LogP contribution is -2.32. The Bertz CT molecular complexity index is 633. The molecule has 0 saturated carbocycles. The average molecular weight is 413 g/mol. The molecule has 0 bridgehead atoms. The Labute approximate surface area is 149 Å². The summed E-state index contributed by atoms with van der Waals surface area (Å²) in [4.78, 5) is 4.40. The third-order valence-corrected chi connectivity index (χ3v) is 3.21. The average Bonchev–Trinajstić information content (AvgIpc) is 2.81. The number of aliphatic imine (C=N–C) groups is 1. The number of rotatable bonds is 5. The summed E-state index contributed by atoms with van der Waals surface area (Å²) < 4.78 is 1.95. The molecule has 3 N–H and O–H groups in total. The number of nitrogens with zero attached hydrogens (tertiary/aromatic N) is 3. The van der Waals surface area contributed by atoms with E-state index in [1.54, 1.807) is 0 Å². The van der Waals surface area contributed by atoms with E-state index in [1.807, 2.05) is 23.7 Å². The highest BCUT2D eigenvalue weighted by Gasteiger charge is 2.08. The van der Waals surface area contributed by atoms with Crippen LogP contribution in [-0.2, 0) is 6.54 Å². The van der Waals surface area contributed by atoms with Crippen molar-refractivity contribution in [3.05, 3.63) is 47.3 Å². The van der Waals surface area contributed by atoms with Gasteiger partial charge in [-0.1, -0.05) is 25.1 Å². The van der Waals surface area contributed by atoms with Crippen LogP contribution in [-0.4, -0.2) is 22.3 Å². The van der Waals surface area contributed by atoms with Crippen LogP contribution in [0.1, 0.15) is 30.3 Å². The Morgan fingerprint density at radius 1 is 1.32 bits per heavy atom. The van der Waals surface area contributed by atoms with Crippen molar-refractivity contribution in [3.63, 3.8) is 0 Å². The molecule has 1 heterocycles. The van der Waals surface area contributed by atoms with E-state index in [-0.39, 0.29) is 24.0 Å². The van der Waals surface area contributed by atoms with Gasteiger partial charge in [-0.15, -0.1) is 24.0 Å². The van der Waals surface area contributed by atoms with Gasteiger partial charge in [-0.25, -0.2) is 9.67 Å². The van der Waals surface area contributed by atoms with Crippen molar-refractivity contribution in [2.24, 2.45) is 10.7 Å². The second kappa shape index (κ2) is 8.77. The molecule has 0 unspecified atom stereocenters. The second-order valence-corrected chi connectivity index (χ2v) is 5.10. The van der Waals surface area contributed by atoms with Crippen molar-refractivity contribution < 1.29 is 0 Å². The molecule has 2 rings (SSSR count). The van der Waals surface area contributed by atoms with Gasteiger partial charge in [0.2, 0.25) is 0 Å². The second-order valence-electron chi connectivity index (χ2n) is 5.10. The number of guanidine groups is 1. The Morgan fingerprint density at radius 3 is 2.68 bits per heavy atom. The molecule has 0 saturated heterocycles. The minimum Gasteiger partial charge on any atom is -0.370 e. The van der Waals surface area contributed by atoms with Crippen LogP contribution in [0.25, 0.3) is 5.69 Å². The third kappa shape index (κ3) is 4.72. The molecule has 1 aromatic heterocycles. The number of halogens is 1. The van der Waals surface area contributed by atoms with Crippen molar-refractivity contribution in [1.29, 1.82) is 0 Å². The Morgan fingerprint density at radius 2 is 2.05 bits per heavy atom. The van der Waals surface area contributed by atoms with Gasteiger partial charge in [-0.05, 0) is 38.0 Å². The van der Waals surface area contributed by atoms with Gasteiger partial charge in [0.1, 0.15) is 0 Å². The molecule has 1 aromatic carbocycles. The molecule has 0 fully saturated rings. The first-order valence-corrected chi connectivity index (χ1v) is 7.27. The van der Waals surface area contributed by atoms with Gasteiger partial charge >= 0.3 is 0 Å². The molecule has 5 nitrogen and oxygen atoms in total. The van der Waals surface area contributed by atoms with Crippen LogP contribution in [0, 0.1) is 13.8 Å². The van der Waals surface area contributed by atoms with Gasteiger partial charge in [-0.3, -0.25) is 0 Å². The summed E-state index contributed by atoms with van der Waals surface area (Å²) in [6, 6.07) is 10.2. The standard InChI is InChI=1S/C16H23N5.HI/c1-4-9-18-16(17)19-11-14-7-5-6-8-15(14)21-13(3)10-12(2)20-21;/h5-8,10H,4,9,11H2,1-3H3,(H3,17,18,19);1H. The maximum absolute atomic E-state index is 5.85. The first-order chi connectivity index (χ1) is 10.1. The van der Waals surface area contributed by atoms with Crippen molar-refractivity contribution in [1.82, 2.24) is 15.1 Å². The monoisotopic (exact) mass is 413 g/mol. The van der Waals surface area contributed by atoms with E-state index in [9.17, 15) is 0 Å². The van der Waals surface area contributed by atoms with Crippen LogP contribution in [0.15, 0.2) is 35.3 Å². The number of para-hydroxylation sites is 1. The molecule has 0 atom stereocenters. The first-order valence-electron chi connectivity index (χ1n) is 7.27. The van der Waals surface area contributed by atoms with Crippen molar-refractivity contribution in [2.45, 2.75) is 33.7 Å². The van der Waals surface area contributed by atoms with Crippen LogP contribution < -0.4 is 11.1 Å². The van der Waals surface area contributed by atoms with E-state index in [2.05, 4.69) is 47.5 Å². The topological polar surface area (TPSA) is 68.2 Å². The van der Waals surface area contributed by atoms with E-state index in [1.165, 1.54) is 0 Å². The number of benzene rings is 1. The molecular weight excluding hydrogens is 389 g/mol. The van der Waals surface area contributed by atoms with Crippen LogP contribution in [0.5, 0.6) is 0 Å². The predicted octanol–water partition coefficient (Wildman–Crippen LogP) is 2.92. The minimum atomic E-state index is 0. The smallest absolute Gasteiger partial charge is 0.188 e. The molecule has 0 amide bonds. The predicted molar refractivity (Wildman–Crippen MR) is 102 cm³/mol. The number of hydrogen-bond acceptors (Lipinski definition) is 2. The number of aryl methyl sites for hydroxylation is 2. The molecule has 6 heteroatoms. The highest BCUT2D eigenvalue weighted by atomic mass is 127. The number of hydrogen-bond donors (Lipinski definition) is 2. The lowest BCUT2D eigenvalue weighted by atomic mass is 10.2. The van der Waals surface area contributed by atoms with Gasteiger partial charge < -0.3 is 11.1 Å². The summed E-state index contributed by atoms with van der Waals surface area (Å²) in [5, 5.41) is 7.62. The van der Waals surface area contributed by atoms with Crippen LogP contribution in [0.4, 0.5) is 0 Å². The zero-order chi connectivity index (χ0) is 15.2. The summed E-state index contributed by atoms with van der Waals surface area (Å²) in [5.74, 6) is 0.486. The van der Waals surface area contributed by atoms with Crippen LogP contribution in [0.2, 0.25) is 0 Å². The summed E-state index contributed by atoms with van der Waals surface area (Å²) >= 11 is 0. The van der Waals surface area contributed by atoms with Crippen molar-refractivity contribution in [3.8, 4) is 5.69 Å². The third-order valence-electron chi connectivity index (χ3n) is 3.21. The minimum absolute atomic E-state index is 0. The SMILES string of the molecule is CCCNC(N)=NCc1ccccc1-n1nc(C)cc1C.I. The summed E-state index contributed by atoms with van der Waals surface area (Å²) in [6.45, 7) is 7.53. The fourth-order valence-electron chi connectivity index (χ4n) is 2.20. The number of nitrogens with one attached hydrogen (secondary N) is 1. The van der Waals surface area contributed by atoms with E-state index in [4.69, 9.17) is 5.73 Å². The van der Waals surface area contributed by atoms with Gasteiger partial charge in [0, 0.05) is 12.2 Å². The maximum atomic E-state index is 5.85. The van der Waals surface area contributed by atoms with E-state index in [0.717, 1.165) is 35.6 Å². The molecule has 0 spiro atoms. The molecule has 0 aliphatic carbocycles. The summed E-state index contributed by atoms with van der Waals surface area (Å²) in [5.41, 5.74) is 10.1. The van der Waals surface area contributed by atoms with Gasteiger partial charge in [0.25, 0.3) is 0 Å². The van der Waals surface area contributed by atoms with Gasteiger partial charge in [0.05, 0.1) is 17.9 Å². The van der Waals surface area contributed by atoms with Crippen LogP contribution >= 0.6 is 24.0 Å². The Hall–Kier alpha value is -1.57. The first kappa shape index (κ1) is 18.5. The number of nitrogens with two attached hydrogens (primary N) is 1. The Balaban J connectivity index is 0.00000242. The fraction of sp³-hybridized carbons (Fsp3) is 0.375. The summed E-state index contributed by atoms with van der Waals surface area (Å²) in [7, 11) is 0. The highest BCUT2D eigenvalue weighted by Crippen LogP contribution is 2.17. The van der Waals surface area contributed by atoms with E-state index in [0.29, 0.717) is 12.5 Å². The van der Waals surface area contributed by atoms with Gasteiger partial charge in [-0.2, -0.15) is 5.10 Å². The van der Waals surface area contributed by atoms with E-state index < -0.39 is 0 Å². The van der Waals surface area contributed by atoms with Gasteiger partial charge in [0.15, 0.2) is 5.96 Å². The molecule has 22 heavy (non-hydrogen) atoms. The fourth-order valence-corrected chi connectivity index (χ4v) is 2.20. The lowest BCUT2D eigenvalue weighted by Gasteiger charge is -2.10. The molecule has 0 aliphatic heterocycles. The van der Waals surface area contributed by atoms with E-state index >= 15 is 0 Å². The zero-order valence-corrected chi connectivity index (χ0v) is 15.7. The quantitative estimate of drug-likeness (QED) is 0.450. The number of aromatic nitrogens is 2. The Kier molecular flexibility index (Phi) is 7.37. The maximum Gasteiger partial charge on any atom is 0.188 e. The zero-order valence-electron chi connectivity index (χ0n) is 13.3. The van der Waals surface area contributed by atoms with Crippen molar-refractivity contribution >= 4 is 29.9 Å². The normalized spacial score (nSPS) is 11.1. The largest absolute Gasteiger partial charge is 0.370 e.